The van der Waals surface area contributed by atoms with Crippen molar-refractivity contribution in [1.82, 2.24) is 5.32 Å². The Morgan fingerprint density at radius 1 is 1.21 bits per heavy atom. The van der Waals surface area contributed by atoms with Crippen LogP contribution in [-0.4, -0.2) is 48.2 Å². The summed E-state index contributed by atoms with van der Waals surface area (Å²) in [6.45, 7) is 3.28. The molecule has 0 saturated heterocycles. The van der Waals surface area contributed by atoms with Gasteiger partial charge in [-0.05, 0) is 50.2 Å². The van der Waals surface area contributed by atoms with Crippen molar-refractivity contribution >= 4 is 39.9 Å². The van der Waals surface area contributed by atoms with Crippen molar-refractivity contribution < 1.29 is 40.4 Å². The van der Waals surface area contributed by atoms with Gasteiger partial charge < -0.3 is 44.0 Å². The quantitative estimate of drug-likeness (QED) is 0.434. The fraction of sp³-hybridized carbons (Fsp3) is 0.238. The standard InChI is InChI=1S/C20H20FNO4.CH3.BrH.Mg/c1-20(2,24)14-10-15-13(9-16(14)25-4)17(19(23)22-3)18(26-15)11-5-7-12(21)8-6-11;;;/h5-10,24H,1-4H3,(H,22,23);1H3;1H;/q;-1;;+2/p-1. The van der Waals surface area contributed by atoms with Gasteiger partial charge in [0, 0.05) is 23.6 Å². The van der Waals surface area contributed by atoms with Crippen LogP contribution in [0.2, 0.25) is 0 Å². The molecule has 0 unspecified atom stereocenters. The summed E-state index contributed by atoms with van der Waals surface area (Å²) in [6.07, 6.45) is 0. The van der Waals surface area contributed by atoms with Crippen molar-refractivity contribution in [3.8, 4) is 17.1 Å². The molecule has 1 heterocycles. The van der Waals surface area contributed by atoms with Crippen molar-refractivity contribution in [2.45, 2.75) is 19.4 Å². The van der Waals surface area contributed by atoms with Crippen LogP contribution < -0.4 is 27.0 Å². The number of carbonyl (C=O) groups excluding carboxylic acids is 1. The molecule has 2 aromatic carbocycles. The number of rotatable bonds is 4. The van der Waals surface area contributed by atoms with E-state index in [2.05, 4.69) is 5.32 Å². The Morgan fingerprint density at radius 3 is 2.28 bits per heavy atom. The van der Waals surface area contributed by atoms with Gasteiger partial charge in [-0.3, -0.25) is 4.79 Å². The predicted octanol–water partition coefficient (Wildman–Crippen LogP) is 0.908. The first-order chi connectivity index (χ1) is 12.3. The van der Waals surface area contributed by atoms with Gasteiger partial charge in [0.25, 0.3) is 5.91 Å². The molecule has 0 atom stereocenters. The fourth-order valence-corrected chi connectivity index (χ4v) is 2.93. The Balaban J connectivity index is 0.00000261. The summed E-state index contributed by atoms with van der Waals surface area (Å²) in [5, 5.41) is 13.5. The van der Waals surface area contributed by atoms with Crippen LogP contribution in [0.15, 0.2) is 40.8 Å². The molecular weight excluding hydrogens is 453 g/mol. The molecule has 3 rings (SSSR count). The van der Waals surface area contributed by atoms with E-state index in [-0.39, 0.29) is 59.2 Å². The molecular formula is C21H23BrFMgNO4. The number of hydrogen-bond acceptors (Lipinski definition) is 4. The fourth-order valence-electron chi connectivity index (χ4n) is 2.93. The van der Waals surface area contributed by atoms with Gasteiger partial charge in [0.15, 0.2) is 0 Å². The van der Waals surface area contributed by atoms with E-state index < -0.39 is 5.60 Å². The summed E-state index contributed by atoms with van der Waals surface area (Å²) >= 11 is 0. The summed E-state index contributed by atoms with van der Waals surface area (Å²) in [5.74, 6) is 0.0642. The molecule has 0 fully saturated rings. The van der Waals surface area contributed by atoms with Gasteiger partial charge in [-0.1, -0.05) is 0 Å². The molecule has 0 bridgehead atoms. The Morgan fingerprint density at radius 2 is 1.79 bits per heavy atom. The zero-order valence-corrected chi connectivity index (χ0v) is 20.1. The molecule has 0 aliphatic heterocycles. The third kappa shape index (κ3) is 5.31. The Kier molecular flexibility index (Phi) is 9.85. The minimum absolute atomic E-state index is 0. The van der Waals surface area contributed by atoms with Crippen LogP contribution in [-0.2, 0) is 5.60 Å². The van der Waals surface area contributed by atoms with Crippen LogP contribution in [0.25, 0.3) is 22.3 Å². The summed E-state index contributed by atoms with van der Waals surface area (Å²) < 4.78 is 24.6. The van der Waals surface area contributed by atoms with E-state index in [1.165, 1.54) is 26.3 Å². The van der Waals surface area contributed by atoms with Crippen LogP contribution in [0.1, 0.15) is 29.8 Å². The van der Waals surface area contributed by atoms with Crippen LogP contribution in [0.4, 0.5) is 4.39 Å². The topological polar surface area (TPSA) is 71.7 Å². The number of fused-ring (bicyclic) bond motifs is 1. The van der Waals surface area contributed by atoms with Crippen LogP contribution >= 0.6 is 0 Å². The van der Waals surface area contributed by atoms with E-state index in [1.54, 1.807) is 38.1 Å². The number of aliphatic hydroxyl groups is 1. The molecule has 1 aromatic heterocycles. The first kappa shape index (κ1) is 27.4. The Labute approximate surface area is 196 Å². The van der Waals surface area contributed by atoms with Crippen molar-refractivity contribution in [2.75, 3.05) is 14.2 Å². The van der Waals surface area contributed by atoms with Crippen molar-refractivity contribution in [3.05, 3.63) is 60.8 Å². The maximum Gasteiger partial charge on any atom is 2.00 e. The number of methoxy groups -OCH3 is 1. The van der Waals surface area contributed by atoms with E-state index in [0.29, 0.717) is 39.2 Å². The average Bonchev–Trinajstić information content (AvgIpc) is 2.98. The number of ether oxygens (including phenoxy) is 1. The van der Waals surface area contributed by atoms with Gasteiger partial charge >= 0.3 is 23.1 Å². The largest absolute Gasteiger partial charge is 2.00 e. The number of halogens is 2. The number of carbonyl (C=O) groups is 1. The molecule has 8 heteroatoms. The average molecular weight is 477 g/mol. The summed E-state index contributed by atoms with van der Waals surface area (Å²) in [6, 6.07) is 9.04. The number of nitrogens with one attached hydrogen (secondary N) is 1. The van der Waals surface area contributed by atoms with Crippen LogP contribution in [0.5, 0.6) is 5.75 Å². The van der Waals surface area contributed by atoms with E-state index in [9.17, 15) is 14.3 Å². The maximum atomic E-state index is 13.3. The summed E-state index contributed by atoms with van der Waals surface area (Å²) in [7, 11) is 3.02. The second-order valence-corrected chi connectivity index (χ2v) is 6.50. The second-order valence-electron chi connectivity index (χ2n) is 6.50. The molecule has 0 saturated carbocycles. The SMILES string of the molecule is CNC(=O)c1c(-c2ccc(F)cc2)oc2cc(C(C)(C)O)c(OC)cc12.[Br-].[CH3-].[Mg+2]. The van der Waals surface area contributed by atoms with Gasteiger partial charge in [0.2, 0.25) is 0 Å². The zero-order valence-electron chi connectivity index (χ0n) is 17.1. The molecule has 5 nitrogen and oxygen atoms in total. The third-order valence-corrected chi connectivity index (χ3v) is 4.23. The van der Waals surface area contributed by atoms with E-state index in [0.717, 1.165) is 0 Å². The van der Waals surface area contributed by atoms with Gasteiger partial charge in [0.05, 0.1) is 18.3 Å². The van der Waals surface area contributed by atoms with Crippen molar-refractivity contribution in [3.63, 3.8) is 0 Å². The normalized spacial score (nSPS) is 10.4. The number of furan rings is 1. The second kappa shape index (κ2) is 10.4. The minimum atomic E-state index is -1.16. The van der Waals surface area contributed by atoms with Crippen molar-refractivity contribution in [2.24, 2.45) is 0 Å². The molecule has 2 N–H and O–H groups in total. The number of benzene rings is 2. The zero-order chi connectivity index (χ0) is 19.1. The Hall–Kier alpha value is -1.61. The number of hydrogen-bond donors (Lipinski definition) is 2. The first-order valence-corrected chi connectivity index (χ1v) is 8.11. The predicted molar refractivity (Wildman–Crippen MR) is 109 cm³/mol. The molecule has 0 aliphatic carbocycles. The van der Waals surface area contributed by atoms with E-state index in [1.807, 2.05) is 0 Å². The van der Waals surface area contributed by atoms with Crippen LogP contribution in [0, 0.1) is 13.2 Å². The molecule has 29 heavy (non-hydrogen) atoms. The Bertz CT molecular complexity index is 981. The van der Waals surface area contributed by atoms with E-state index >= 15 is 0 Å². The number of amides is 1. The van der Waals surface area contributed by atoms with Gasteiger partial charge in [0.1, 0.15) is 22.9 Å². The molecule has 0 spiro atoms. The first-order valence-electron chi connectivity index (χ1n) is 8.11. The molecule has 3 aromatic rings. The monoisotopic (exact) mass is 475 g/mol. The smallest absolute Gasteiger partial charge is 1.00 e. The molecule has 0 radical (unpaired) electrons. The van der Waals surface area contributed by atoms with Crippen molar-refractivity contribution in [1.29, 1.82) is 0 Å². The molecule has 152 valence electrons. The van der Waals surface area contributed by atoms with Gasteiger partial charge in [-0.15, -0.1) is 0 Å². The minimum Gasteiger partial charge on any atom is -1.00 e. The van der Waals surface area contributed by atoms with Gasteiger partial charge in [-0.2, -0.15) is 0 Å². The molecule has 1 amide bonds. The molecule has 0 aliphatic rings. The summed E-state index contributed by atoms with van der Waals surface area (Å²) in [4.78, 5) is 12.5. The van der Waals surface area contributed by atoms with E-state index in [4.69, 9.17) is 9.15 Å². The summed E-state index contributed by atoms with van der Waals surface area (Å²) in [5.41, 5.74) is 0.714. The van der Waals surface area contributed by atoms with Crippen LogP contribution in [0.3, 0.4) is 0 Å². The third-order valence-electron chi connectivity index (χ3n) is 4.23. The van der Waals surface area contributed by atoms with Gasteiger partial charge in [-0.25, -0.2) is 4.39 Å². The maximum absolute atomic E-state index is 13.3.